The second-order valence-corrected chi connectivity index (χ2v) is 5.15. The van der Waals surface area contributed by atoms with Crippen LogP contribution in [0.2, 0.25) is 0 Å². The third-order valence-corrected chi connectivity index (χ3v) is 3.84. The van der Waals surface area contributed by atoms with Gasteiger partial charge >= 0.3 is 0 Å². The summed E-state index contributed by atoms with van der Waals surface area (Å²) in [5.41, 5.74) is 0.762. The molecular weight excluding hydrogens is 248 g/mol. The molecule has 4 heteroatoms. The van der Waals surface area contributed by atoms with Crippen molar-refractivity contribution in [2.75, 3.05) is 0 Å². The van der Waals surface area contributed by atoms with E-state index < -0.39 is 0 Å². The van der Waals surface area contributed by atoms with Gasteiger partial charge in [-0.05, 0) is 37.8 Å². The quantitative estimate of drug-likeness (QED) is 0.861. The molecule has 1 amide bonds. The van der Waals surface area contributed by atoms with Crippen LogP contribution in [0.4, 0.5) is 0 Å². The van der Waals surface area contributed by atoms with Crippen LogP contribution in [-0.4, -0.2) is 24.0 Å². The minimum Gasteiger partial charge on any atom is -0.349 e. The van der Waals surface area contributed by atoms with E-state index in [1.807, 2.05) is 30.3 Å². The Morgan fingerprint density at radius 3 is 2.33 bits per heavy atom. The molecule has 18 heavy (non-hydrogen) atoms. The van der Waals surface area contributed by atoms with E-state index in [1.165, 1.54) is 12.8 Å². The summed E-state index contributed by atoms with van der Waals surface area (Å²) in [5.74, 6) is 0.0666. The summed E-state index contributed by atoms with van der Waals surface area (Å²) < 4.78 is 0. The summed E-state index contributed by atoms with van der Waals surface area (Å²) in [6.45, 7) is 0. The Morgan fingerprint density at radius 2 is 1.72 bits per heavy atom. The molecule has 2 unspecified atom stereocenters. The van der Waals surface area contributed by atoms with Crippen LogP contribution in [0.1, 0.15) is 36.0 Å². The Balaban J connectivity index is 0.00000120. The van der Waals surface area contributed by atoms with E-state index in [4.69, 9.17) is 0 Å². The average molecular weight is 267 g/mol. The first-order valence-corrected chi connectivity index (χ1v) is 6.43. The summed E-state index contributed by atoms with van der Waals surface area (Å²) in [6, 6.07) is 11.1. The molecule has 0 aromatic heterocycles. The van der Waals surface area contributed by atoms with Gasteiger partial charge in [-0.1, -0.05) is 18.2 Å². The molecule has 2 N–H and O–H groups in total. The van der Waals surface area contributed by atoms with Crippen molar-refractivity contribution in [3.05, 3.63) is 35.9 Å². The van der Waals surface area contributed by atoms with Crippen molar-refractivity contribution in [1.29, 1.82) is 0 Å². The molecule has 2 aliphatic rings. The molecule has 2 heterocycles. The zero-order chi connectivity index (χ0) is 11.7. The highest BCUT2D eigenvalue weighted by molar-refractivity contribution is 5.94. The summed E-state index contributed by atoms with van der Waals surface area (Å²) >= 11 is 0. The molecular formula is C14H19ClN2O. The number of piperidine rings is 1. The molecule has 3 nitrogen and oxygen atoms in total. The SMILES string of the molecule is Cl.O=C(NC1CC2CCC(C1)N2)c1ccccc1. The Kier molecular flexibility index (Phi) is 4.25. The largest absolute Gasteiger partial charge is 0.349 e. The summed E-state index contributed by atoms with van der Waals surface area (Å²) in [4.78, 5) is 12.0. The number of benzene rings is 1. The van der Waals surface area contributed by atoms with Crippen LogP contribution in [0.25, 0.3) is 0 Å². The number of amides is 1. The maximum Gasteiger partial charge on any atom is 0.251 e. The molecule has 2 aliphatic heterocycles. The van der Waals surface area contributed by atoms with Crippen LogP contribution in [0.5, 0.6) is 0 Å². The number of nitrogens with one attached hydrogen (secondary N) is 2. The standard InChI is InChI=1S/C14H18N2O.ClH/c17-14(10-4-2-1-3-5-10)16-13-8-11-6-7-12(9-13)15-11;/h1-5,11-13,15H,6-9H2,(H,16,17);1H. The molecule has 1 aromatic carbocycles. The van der Waals surface area contributed by atoms with Gasteiger partial charge in [-0.15, -0.1) is 12.4 Å². The van der Waals surface area contributed by atoms with Gasteiger partial charge in [0, 0.05) is 23.7 Å². The highest BCUT2D eigenvalue weighted by Crippen LogP contribution is 2.26. The number of hydrogen-bond donors (Lipinski definition) is 2. The highest BCUT2D eigenvalue weighted by atomic mass is 35.5. The maximum atomic E-state index is 12.0. The summed E-state index contributed by atoms with van der Waals surface area (Å²) in [6.07, 6.45) is 4.69. The molecule has 0 spiro atoms. The lowest BCUT2D eigenvalue weighted by molar-refractivity contribution is 0.0924. The van der Waals surface area contributed by atoms with E-state index in [2.05, 4.69) is 10.6 Å². The van der Waals surface area contributed by atoms with Crippen LogP contribution in [0.3, 0.4) is 0 Å². The number of fused-ring (bicyclic) bond motifs is 2. The number of rotatable bonds is 2. The Hall–Kier alpha value is -1.06. The van der Waals surface area contributed by atoms with Gasteiger partial charge in [0.1, 0.15) is 0 Å². The van der Waals surface area contributed by atoms with Crippen molar-refractivity contribution in [1.82, 2.24) is 10.6 Å². The van der Waals surface area contributed by atoms with Gasteiger partial charge in [0.05, 0.1) is 0 Å². The number of halogens is 1. The van der Waals surface area contributed by atoms with Crippen LogP contribution in [0.15, 0.2) is 30.3 Å². The Labute approximate surface area is 114 Å². The fourth-order valence-corrected chi connectivity index (χ4v) is 3.03. The van der Waals surface area contributed by atoms with E-state index in [-0.39, 0.29) is 18.3 Å². The molecule has 0 radical (unpaired) electrons. The van der Waals surface area contributed by atoms with Gasteiger partial charge in [0.15, 0.2) is 0 Å². The normalized spacial score (nSPS) is 29.4. The summed E-state index contributed by atoms with van der Waals surface area (Å²) in [7, 11) is 0. The first-order valence-electron chi connectivity index (χ1n) is 6.43. The smallest absolute Gasteiger partial charge is 0.251 e. The van der Waals surface area contributed by atoms with Gasteiger partial charge in [-0.25, -0.2) is 0 Å². The molecule has 0 saturated carbocycles. The lowest BCUT2D eigenvalue weighted by Crippen LogP contribution is -2.48. The lowest BCUT2D eigenvalue weighted by atomic mass is 9.99. The van der Waals surface area contributed by atoms with Crippen molar-refractivity contribution < 1.29 is 4.79 Å². The Morgan fingerprint density at radius 1 is 1.11 bits per heavy atom. The van der Waals surface area contributed by atoms with Gasteiger partial charge < -0.3 is 10.6 Å². The second kappa shape index (κ2) is 5.72. The van der Waals surface area contributed by atoms with Crippen LogP contribution < -0.4 is 10.6 Å². The minimum absolute atomic E-state index is 0. The second-order valence-electron chi connectivity index (χ2n) is 5.15. The highest BCUT2D eigenvalue weighted by Gasteiger charge is 2.33. The number of hydrogen-bond acceptors (Lipinski definition) is 2. The molecule has 3 rings (SSSR count). The van der Waals surface area contributed by atoms with E-state index in [0.29, 0.717) is 18.1 Å². The molecule has 2 fully saturated rings. The third-order valence-electron chi connectivity index (χ3n) is 3.84. The molecule has 2 bridgehead atoms. The zero-order valence-electron chi connectivity index (χ0n) is 10.3. The Bertz CT molecular complexity index is 398. The fraction of sp³-hybridized carbons (Fsp3) is 0.500. The first kappa shape index (κ1) is 13.4. The monoisotopic (exact) mass is 266 g/mol. The zero-order valence-corrected chi connectivity index (χ0v) is 11.1. The van der Waals surface area contributed by atoms with E-state index >= 15 is 0 Å². The first-order chi connectivity index (χ1) is 8.31. The van der Waals surface area contributed by atoms with Crippen molar-refractivity contribution in [3.8, 4) is 0 Å². The molecule has 2 saturated heterocycles. The summed E-state index contributed by atoms with van der Waals surface area (Å²) in [5, 5.41) is 6.74. The van der Waals surface area contributed by atoms with Crippen LogP contribution in [-0.2, 0) is 0 Å². The van der Waals surface area contributed by atoms with Crippen molar-refractivity contribution >= 4 is 18.3 Å². The predicted molar refractivity (Wildman–Crippen MR) is 74.1 cm³/mol. The van der Waals surface area contributed by atoms with Gasteiger partial charge in [-0.2, -0.15) is 0 Å². The maximum absolute atomic E-state index is 12.0. The van der Waals surface area contributed by atoms with Gasteiger partial charge in [0.25, 0.3) is 5.91 Å². The van der Waals surface area contributed by atoms with Crippen molar-refractivity contribution in [2.45, 2.75) is 43.8 Å². The lowest BCUT2D eigenvalue weighted by Gasteiger charge is -2.29. The fourth-order valence-electron chi connectivity index (χ4n) is 3.03. The van der Waals surface area contributed by atoms with E-state index in [1.54, 1.807) is 0 Å². The topological polar surface area (TPSA) is 41.1 Å². The van der Waals surface area contributed by atoms with Crippen molar-refractivity contribution in [2.24, 2.45) is 0 Å². The number of carbonyl (C=O) groups excluding carboxylic acids is 1. The number of carbonyl (C=O) groups is 1. The van der Waals surface area contributed by atoms with Crippen LogP contribution in [0, 0.1) is 0 Å². The van der Waals surface area contributed by atoms with Crippen molar-refractivity contribution in [3.63, 3.8) is 0 Å². The third kappa shape index (κ3) is 2.85. The van der Waals surface area contributed by atoms with Gasteiger partial charge in [-0.3, -0.25) is 4.79 Å². The van der Waals surface area contributed by atoms with Gasteiger partial charge in [0.2, 0.25) is 0 Å². The molecule has 1 aromatic rings. The van der Waals surface area contributed by atoms with E-state index in [9.17, 15) is 4.79 Å². The predicted octanol–water partition coefficient (Wildman–Crippen LogP) is 2.12. The van der Waals surface area contributed by atoms with Crippen LogP contribution >= 0.6 is 12.4 Å². The molecule has 0 aliphatic carbocycles. The average Bonchev–Trinajstić information content (AvgIpc) is 2.70. The molecule has 2 atom stereocenters. The van der Waals surface area contributed by atoms with E-state index in [0.717, 1.165) is 18.4 Å². The molecule has 98 valence electrons. The minimum atomic E-state index is 0.